The fraction of sp³-hybridized carbons (Fsp3) is 0.353. The van der Waals surface area contributed by atoms with Crippen molar-refractivity contribution < 1.29 is 14.6 Å². The summed E-state index contributed by atoms with van der Waals surface area (Å²) in [5, 5.41) is 24.5. The molecule has 28 heavy (non-hydrogen) atoms. The van der Waals surface area contributed by atoms with Crippen molar-refractivity contribution in [3.63, 3.8) is 0 Å². The lowest BCUT2D eigenvalue weighted by Gasteiger charge is -2.17. The van der Waals surface area contributed by atoms with Gasteiger partial charge in [-0.15, -0.1) is 0 Å². The molecule has 0 bridgehead atoms. The third kappa shape index (κ3) is 4.37. The molecular formula is C17H18N6O5. The van der Waals surface area contributed by atoms with Crippen molar-refractivity contribution in [3.8, 4) is 0 Å². The maximum absolute atomic E-state index is 12.4. The lowest BCUT2D eigenvalue weighted by atomic mass is 10.1. The predicted molar refractivity (Wildman–Crippen MR) is 99.1 cm³/mol. The van der Waals surface area contributed by atoms with Crippen molar-refractivity contribution in [2.45, 2.75) is 26.3 Å². The second-order valence-corrected chi connectivity index (χ2v) is 6.41. The van der Waals surface area contributed by atoms with Gasteiger partial charge in [0.1, 0.15) is 11.6 Å². The molecule has 1 aliphatic rings. The van der Waals surface area contributed by atoms with E-state index in [2.05, 4.69) is 20.2 Å². The van der Waals surface area contributed by atoms with Crippen LogP contribution in [0.5, 0.6) is 0 Å². The Kier molecular flexibility index (Phi) is 5.43. The number of amides is 1. The normalized spacial score (nSPS) is 13.4. The monoisotopic (exact) mass is 386 g/mol. The van der Waals surface area contributed by atoms with E-state index in [-0.39, 0.29) is 12.1 Å². The van der Waals surface area contributed by atoms with Gasteiger partial charge in [0.2, 0.25) is 0 Å². The highest BCUT2D eigenvalue weighted by Gasteiger charge is 2.20. The van der Waals surface area contributed by atoms with Gasteiger partial charge in [-0.1, -0.05) is 0 Å². The van der Waals surface area contributed by atoms with Gasteiger partial charge in [-0.05, 0) is 19.8 Å². The minimum absolute atomic E-state index is 0.00214. The third-order valence-electron chi connectivity index (χ3n) is 4.31. The van der Waals surface area contributed by atoms with Gasteiger partial charge >= 0.3 is 0 Å². The first kappa shape index (κ1) is 19.1. The summed E-state index contributed by atoms with van der Waals surface area (Å²) in [7, 11) is 0. The lowest BCUT2D eigenvalue weighted by molar-refractivity contribution is -0.394. The van der Waals surface area contributed by atoms with E-state index < -0.39 is 27.1 Å². The van der Waals surface area contributed by atoms with E-state index in [4.69, 9.17) is 0 Å². The largest absolute Gasteiger partial charge is 0.357 e. The average molecular weight is 386 g/mol. The SMILES string of the molecule is Cc1cc(N2CCCC2)nc(CNC(=O)c2cc([N+](=O)[O-])cc([N+](=O)[O-])c2)n1. The van der Waals surface area contributed by atoms with Crippen LogP contribution in [0.25, 0.3) is 0 Å². The van der Waals surface area contributed by atoms with Crippen molar-refractivity contribution in [1.82, 2.24) is 15.3 Å². The van der Waals surface area contributed by atoms with E-state index in [1.54, 1.807) is 0 Å². The fourth-order valence-electron chi connectivity index (χ4n) is 3.00. The maximum atomic E-state index is 12.4. The molecule has 1 N–H and O–H groups in total. The summed E-state index contributed by atoms with van der Waals surface area (Å²) in [6, 6.07) is 4.67. The quantitative estimate of drug-likeness (QED) is 0.587. The molecule has 1 fully saturated rings. The number of non-ortho nitro benzene ring substituents is 2. The van der Waals surface area contributed by atoms with Crippen LogP contribution in [0.4, 0.5) is 17.2 Å². The summed E-state index contributed by atoms with van der Waals surface area (Å²) >= 11 is 0. The molecule has 1 aromatic carbocycles. The van der Waals surface area contributed by atoms with Crippen LogP contribution in [0.3, 0.4) is 0 Å². The first-order valence-corrected chi connectivity index (χ1v) is 8.65. The number of rotatable bonds is 6. The number of aryl methyl sites for hydroxylation is 1. The molecule has 1 amide bonds. The highest BCUT2D eigenvalue weighted by Crippen LogP contribution is 2.23. The van der Waals surface area contributed by atoms with Crippen LogP contribution in [0, 0.1) is 27.2 Å². The number of nitro benzene ring substituents is 2. The molecule has 1 aromatic heterocycles. The maximum Gasteiger partial charge on any atom is 0.277 e. The summed E-state index contributed by atoms with van der Waals surface area (Å²) in [6.45, 7) is 3.66. The number of hydrogen-bond donors (Lipinski definition) is 1. The molecule has 0 aliphatic carbocycles. The van der Waals surface area contributed by atoms with Crippen LogP contribution in [0.2, 0.25) is 0 Å². The second kappa shape index (κ2) is 7.94. The van der Waals surface area contributed by atoms with Crippen LogP contribution in [0.15, 0.2) is 24.3 Å². The van der Waals surface area contributed by atoms with Crippen LogP contribution in [-0.2, 0) is 6.54 Å². The average Bonchev–Trinajstić information content (AvgIpc) is 3.20. The Hall–Kier alpha value is -3.63. The molecule has 146 valence electrons. The number of nitrogens with zero attached hydrogens (tertiary/aromatic N) is 5. The molecule has 0 unspecified atom stereocenters. The van der Waals surface area contributed by atoms with Crippen molar-refractivity contribution >= 4 is 23.1 Å². The Morgan fingerprint density at radius 3 is 2.25 bits per heavy atom. The van der Waals surface area contributed by atoms with Gasteiger partial charge in [-0.25, -0.2) is 9.97 Å². The summed E-state index contributed by atoms with van der Waals surface area (Å²) in [5.41, 5.74) is -0.467. The number of nitrogens with one attached hydrogen (secondary N) is 1. The number of anilines is 1. The van der Waals surface area contributed by atoms with Crippen molar-refractivity contribution in [2.24, 2.45) is 0 Å². The van der Waals surface area contributed by atoms with E-state index in [1.807, 2.05) is 13.0 Å². The third-order valence-corrected chi connectivity index (χ3v) is 4.31. The summed E-state index contributed by atoms with van der Waals surface area (Å²) in [4.78, 5) is 43.6. The molecule has 3 rings (SSSR count). The molecule has 2 aromatic rings. The highest BCUT2D eigenvalue weighted by molar-refractivity contribution is 5.95. The second-order valence-electron chi connectivity index (χ2n) is 6.41. The van der Waals surface area contributed by atoms with Crippen LogP contribution in [-0.4, -0.2) is 38.8 Å². The first-order valence-electron chi connectivity index (χ1n) is 8.65. The van der Waals surface area contributed by atoms with E-state index in [1.165, 1.54) is 0 Å². The van der Waals surface area contributed by atoms with E-state index in [9.17, 15) is 25.0 Å². The number of aromatic nitrogens is 2. The molecule has 0 atom stereocenters. The fourth-order valence-corrected chi connectivity index (χ4v) is 3.00. The van der Waals surface area contributed by atoms with Crippen molar-refractivity contribution in [2.75, 3.05) is 18.0 Å². The zero-order valence-corrected chi connectivity index (χ0v) is 15.1. The van der Waals surface area contributed by atoms with Crippen LogP contribution >= 0.6 is 0 Å². The van der Waals surface area contributed by atoms with Gasteiger partial charge in [-0.2, -0.15) is 0 Å². The number of nitro groups is 2. The number of benzene rings is 1. The highest BCUT2D eigenvalue weighted by atomic mass is 16.6. The molecule has 2 heterocycles. The van der Waals surface area contributed by atoms with Gasteiger partial charge in [0.25, 0.3) is 17.3 Å². The Morgan fingerprint density at radius 2 is 1.68 bits per heavy atom. The Bertz CT molecular complexity index is 909. The Balaban J connectivity index is 1.77. The van der Waals surface area contributed by atoms with Crippen LogP contribution < -0.4 is 10.2 Å². The minimum Gasteiger partial charge on any atom is -0.357 e. The zero-order chi connectivity index (χ0) is 20.3. The zero-order valence-electron chi connectivity index (χ0n) is 15.1. The van der Waals surface area contributed by atoms with E-state index in [0.29, 0.717) is 5.82 Å². The summed E-state index contributed by atoms with van der Waals surface area (Å²) in [5.74, 6) is 0.509. The van der Waals surface area contributed by atoms with Gasteiger partial charge in [0, 0.05) is 37.0 Å². The van der Waals surface area contributed by atoms with Crippen molar-refractivity contribution in [1.29, 1.82) is 0 Å². The molecular weight excluding hydrogens is 368 g/mol. The molecule has 11 nitrogen and oxygen atoms in total. The standard InChI is InChI=1S/C17H18N6O5/c1-11-6-16(21-4-2-3-5-21)20-15(19-11)10-18-17(24)12-7-13(22(25)26)9-14(8-12)23(27)28/h6-9H,2-5,10H2,1H3,(H,18,24). The van der Waals surface area contributed by atoms with Gasteiger partial charge in [0.05, 0.1) is 28.0 Å². The molecule has 1 saturated heterocycles. The Labute approximate surface area is 159 Å². The number of carbonyl (C=O) groups is 1. The van der Waals surface area contributed by atoms with Gasteiger partial charge in [-0.3, -0.25) is 25.0 Å². The minimum atomic E-state index is -0.782. The molecule has 0 radical (unpaired) electrons. The van der Waals surface area contributed by atoms with Crippen molar-refractivity contribution in [3.05, 3.63) is 61.6 Å². The molecule has 11 heteroatoms. The van der Waals surface area contributed by atoms with Crippen LogP contribution in [0.1, 0.15) is 34.7 Å². The summed E-state index contributed by atoms with van der Waals surface area (Å²) in [6.07, 6.45) is 2.20. The molecule has 1 aliphatic heterocycles. The lowest BCUT2D eigenvalue weighted by Crippen LogP contribution is -2.25. The number of carbonyl (C=O) groups excluding carboxylic acids is 1. The van der Waals surface area contributed by atoms with Gasteiger partial charge < -0.3 is 10.2 Å². The van der Waals surface area contributed by atoms with E-state index in [0.717, 1.165) is 55.6 Å². The Morgan fingerprint density at radius 1 is 1.07 bits per heavy atom. The molecule has 0 saturated carbocycles. The molecule has 0 spiro atoms. The first-order chi connectivity index (χ1) is 13.3. The summed E-state index contributed by atoms with van der Waals surface area (Å²) < 4.78 is 0. The predicted octanol–water partition coefficient (Wildman–Crippen LogP) is 2.13. The number of hydrogen-bond acceptors (Lipinski definition) is 8. The smallest absolute Gasteiger partial charge is 0.277 e. The van der Waals surface area contributed by atoms with E-state index >= 15 is 0 Å². The van der Waals surface area contributed by atoms with Gasteiger partial charge in [0.15, 0.2) is 0 Å². The topological polar surface area (TPSA) is 144 Å².